The summed E-state index contributed by atoms with van der Waals surface area (Å²) in [5.74, 6) is 1.22. The van der Waals surface area contributed by atoms with Gasteiger partial charge < -0.3 is 19.5 Å². The van der Waals surface area contributed by atoms with Crippen molar-refractivity contribution in [3.8, 4) is 11.6 Å². The van der Waals surface area contributed by atoms with Crippen LogP contribution >= 0.6 is 0 Å². The van der Waals surface area contributed by atoms with Gasteiger partial charge in [0.05, 0.1) is 25.7 Å². The zero-order valence-corrected chi connectivity index (χ0v) is 16.0. The molecule has 146 valence electrons. The number of pyridine rings is 1. The molecule has 3 heterocycles. The Labute approximate surface area is 164 Å². The lowest BCUT2D eigenvalue weighted by Crippen LogP contribution is -2.42. The minimum Gasteiger partial charge on any atom is -0.493 e. The van der Waals surface area contributed by atoms with Crippen molar-refractivity contribution in [2.75, 3.05) is 33.4 Å². The predicted octanol–water partition coefficient (Wildman–Crippen LogP) is 2.19. The number of amides is 1. The molecule has 3 aliphatic rings. The fourth-order valence-corrected chi connectivity index (χ4v) is 4.96. The van der Waals surface area contributed by atoms with Gasteiger partial charge in [-0.05, 0) is 42.5 Å². The van der Waals surface area contributed by atoms with E-state index in [4.69, 9.17) is 9.47 Å². The van der Waals surface area contributed by atoms with Crippen molar-refractivity contribution < 1.29 is 19.4 Å². The first-order chi connectivity index (χ1) is 13.6. The van der Waals surface area contributed by atoms with Gasteiger partial charge in [0.1, 0.15) is 11.3 Å². The van der Waals surface area contributed by atoms with Crippen LogP contribution in [-0.4, -0.2) is 54.3 Å². The van der Waals surface area contributed by atoms with Crippen LogP contribution in [0.5, 0.6) is 11.6 Å². The first-order valence-electron chi connectivity index (χ1n) is 9.84. The van der Waals surface area contributed by atoms with Crippen LogP contribution in [-0.2, 0) is 12.8 Å². The van der Waals surface area contributed by atoms with E-state index in [-0.39, 0.29) is 18.4 Å². The Morgan fingerprint density at radius 3 is 3.07 bits per heavy atom. The lowest BCUT2D eigenvalue weighted by Gasteiger charge is -2.37. The second kappa shape index (κ2) is 6.48. The molecule has 1 saturated heterocycles. The minimum absolute atomic E-state index is 0.0185. The van der Waals surface area contributed by atoms with Crippen LogP contribution in [0, 0.1) is 5.41 Å². The molecule has 2 aliphatic heterocycles. The lowest BCUT2D eigenvalue weighted by molar-refractivity contribution is 0.0439. The maximum atomic E-state index is 13.4. The SMILES string of the molecule is COc1nc2c(cc1C(=O)N1C[C@@H]3c4ccccc4OC[C@]3(CO)C1)CCC2. The number of aliphatic hydroxyl groups excluding tert-OH is 1. The number of aryl methyl sites for hydroxylation is 2. The van der Waals surface area contributed by atoms with E-state index in [0.717, 1.165) is 41.8 Å². The van der Waals surface area contributed by atoms with Gasteiger partial charge in [-0.2, -0.15) is 0 Å². The van der Waals surface area contributed by atoms with Gasteiger partial charge in [0.15, 0.2) is 0 Å². The summed E-state index contributed by atoms with van der Waals surface area (Å²) in [6.07, 6.45) is 2.96. The number of rotatable bonds is 3. The van der Waals surface area contributed by atoms with Crippen molar-refractivity contribution in [2.24, 2.45) is 5.41 Å². The number of carbonyl (C=O) groups is 1. The van der Waals surface area contributed by atoms with E-state index in [2.05, 4.69) is 4.98 Å². The molecular weight excluding hydrogens is 356 g/mol. The molecule has 0 spiro atoms. The number of benzene rings is 1. The predicted molar refractivity (Wildman–Crippen MR) is 103 cm³/mol. The summed E-state index contributed by atoms with van der Waals surface area (Å²) in [7, 11) is 1.56. The molecule has 2 aromatic rings. The van der Waals surface area contributed by atoms with Crippen LogP contribution < -0.4 is 9.47 Å². The number of methoxy groups -OCH3 is 1. The summed E-state index contributed by atoms with van der Waals surface area (Å²) < 4.78 is 11.4. The third-order valence-electron chi connectivity index (χ3n) is 6.50. The molecule has 1 aromatic carbocycles. The van der Waals surface area contributed by atoms with Crippen molar-refractivity contribution in [3.63, 3.8) is 0 Å². The monoisotopic (exact) mass is 380 g/mol. The van der Waals surface area contributed by atoms with Gasteiger partial charge in [0, 0.05) is 24.7 Å². The Balaban J connectivity index is 1.50. The third-order valence-corrected chi connectivity index (χ3v) is 6.50. The lowest BCUT2D eigenvalue weighted by atomic mass is 9.74. The van der Waals surface area contributed by atoms with Crippen molar-refractivity contribution in [1.29, 1.82) is 0 Å². The van der Waals surface area contributed by atoms with Gasteiger partial charge in [-0.25, -0.2) is 4.98 Å². The zero-order chi connectivity index (χ0) is 19.3. The summed E-state index contributed by atoms with van der Waals surface area (Å²) in [4.78, 5) is 19.8. The number of ether oxygens (including phenoxy) is 2. The number of fused-ring (bicyclic) bond motifs is 4. The maximum absolute atomic E-state index is 13.4. The average Bonchev–Trinajstić information content (AvgIpc) is 3.36. The minimum atomic E-state index is -0.471. The summed E-state index contributed by atoms with van der Waals surface area (Å²) in [5, 5.41) is 10.2. The molecule has 1 amide bonds. The Morgan fingerprint density at radius 1 is 1.39 bits per heavy atom. The molecule has 1 aliphatic carbocycles. The van der Waals surface area contributed by atoms with Gasteiger partial charge in [-0.1, -0.05) is 18.2 Å². The molecule has 6 nitrogen and oxygen atoms in total. The number of hydrogen-bond donors (Lipinski definition) is 1. The van der Waals surface area contributed by atoms with Crippen molar-refractivity contribution >= 4 is 5.91 Å². The molecule has 0 saturated carbocycles. The van der Waals surface area contributed by atoms with Crippen LogP contribution in [0.4, 0.5) is 0 Å². The molecule has 28 heavy (non-hydrogen) atoms. The summed E-state index contributed by atoms with van der Waals surface area (Å²) in [6, 6.07) is 9.87. The molecule has 6 heteroatoms. The summed E-state index contributed by atoms with van der Waals surface area (Å²) >= 11 is 0. The summed E-state index contributed by atoms with van der Waals surface area (Å²) in [5.41, 5.74) is 3.30. The highest BCUT2D eigenvalue weighted by atomic mass is 16.5. The second-order valence-corrected chi connectivity index (χ2v) is 8.09. The highest BCUT2D eigenvalue weighted by Gasteiger charge is 2.52. The van der Waals surface area contributed by atoms with E-state index in [1.165, 1.54) is 0 Å². The number of hydrogen-bond acceptors (Lipinski definition) is 5. The van der Waals surface area contributed by atoms with Crippen molar-refractivity contribution in [2.45, 2.75) is 25.2 Å². The van der Waals surface area contributed by atoms with Crippen LogP contribution in [0.25, 0.3) is 0 Å². The number of aromatic nitrogens is 1. The molecule has 5 rings (SSSR count). The van der Waals surface area contributed by atoms with Gasteiger partial charge in [-0.15, -0.1) is 0 Å². The fraction of sp³-hybridized carbons (Fsp3) is 0.455. The van der Waals surface area contributed by atoms with Crippen LogP contribution in [0.15, 0.2) is 30.3 Å². The standard InChI is InChI=1S/C22H24N2O4/c1-27-20-16(9-14-5-4-7-18(14)23-20)21(26)24-10-17-15-6-2-3-8-19(15)28-13-22(17,11-24)12-25/h2-3,6,8-9,17,25H,4-5,7,10-13H2,1H3/t17-,22-/m1/s1. The maximum Gasteiger partial charge on any atom is 0.259 e. The second-order valence-electron chi connectivity index (χ2n) is 8.09. The molecule has 2 atom stereocenters. The average molecular weight is 380 g/mol. The van der Waals surface area contributed by atoms with Gasteiger partial charge >= 0.3 is 0 Å². The normalized spacial score (nSPS) is 24.9. The van der Waals surface area contributed by atoms with E-state index < -0.39 is 5.41 Å². The largest absolute Gasteiger partial charge is 0.493 e. The Kier molecular flexibility index (Phi) is 4.05. The van der Waals surface area contributed by atoms with Crippen LogP contribution in [0.2, 0.25) is 0 Å². The fourth-order valence-electron chi connectivity index (χ4n) is 4.96. The molecule has 1 N–H and O–H groups in total. The van der Waals surface area contributed by atoms with E-state index in [0.29, 0.717) is 31.1 Å². The van der Waals surface area contributed by atoms with Gasteiger partial charge in [0.25, 0.3) is 5.91 Å². The number of nitrogens with zero attached hydrogens (tertiary/aromatic N) is 2. The summed E-state index contributed by atoms with van der Waals surface area (Å²) in [6.45, 7) is 1.41. The number of likely N-dealkylation sites (tertiary alicyclic amines) is 1. The van der Waals surface area contributed by atoms with Crippen LogP contribution in [0.1, 0.15) is 39.5 Å². The Bertz CT molecular complexity index is 944. The number of para-hydroxylation sites is 1. The molecular formula is C22H24N2O4. The Morgan fingerprint density at radius 2 is 2.25 bits per heavy atom. The number of aliphatic hydroxyl groups is 1. The molecule has 1 fully saturated rings. The number of carbonyl (C=O) groups excluding carboxylic acids is 1. The van der Waals surface area contributed by atoms with E-state index >= 15 is 0 Å². The first-order valence-corrected chi connectivity index (χ1v) is 9.84. The third kappa shape index (κ3) is 2.51. The Hall–Kier alpha value is -2.60. The quantitative estimate of drug-likeness (QED) is 0.884. The molecule has 0 radical (unpaired) electrons. The highest BCUT2D eigenvalue weighted by molar-refractivity contribution is 5.97. The zero-order valence-electron chi connectivity index (χ0n) is 16.0. The van der Waals surface area contributed by atoms with Crippen molar-refractivity contribution in [1.82, 2.24) is 9.88 Å². The van der Waals surface area contributed by atoms with E-state index in [1.54, 1.807) is 7.11 Å². The highest BCUT2D eigenvalue weighted by Crippen LogP contribution is 2.49. The smallest absolute Gasteiger partial charge is 0.259 e. The molecule has 1 aromatic heterocycles. The molecule has 0 bridgehead atoms. The first kappa shape index (κ1) is 17.5. The van der Waals surface area contributed by atoms with Gasteiger partial charge in [-0.3, -0.25) is 4.79 Å². The van der Waals surface area contributed by atoms with Crippen LogP contribution in [0.3, 0.4) is 0 Å². The van der Waals surface area contributed by atoms with Crippen molar-refractivity contribution in [3.05, 3.63) is 52.7 Å². The molecule has 0 unspecified atom stereocenters. The van der Waals surface area contributed by atoms with E-state index in [9.17, 15) is 9.90 Å². The topological polar surface area (TPSA) is 71.9 Å². The van der Waals surface area contributed by atoms with E-state index in [1.807, 2.05) is 35.2 Å². The van der Waals surface area contributed by atoms with Gasteiger partial charge in [0.2, 0.25) is 5.88 Å².